The Labute approximate surface area is 135 Å². The molecule has 5 heteroatoms. The Balaban J connectivity index is 1.86. The van der Waals surface area contributed by atoms with Crippen molar-refractivity contribution in [3.8, 4) is 11.5 Å². The van der Waals surface area contributed by atoms with Gasteiger partial charge in [0.05, 0.1) is 6.61 Å². The number of carbonyl (C=O) groups excluding carboxylic acids is 1. The van der Waals surface area contributed by atoms with E-state index in [1.807, 2.05) is 12.1 Å². The van der Waals surface area contributed by atoms with Gasteiger partial charge in [-0.15, -0.1) is 0 Å². The third-order valence-corrected chi connectivity index (χ3v) is 3.08. The van der Waals surface area contributed by atoms with Gasteiger partial charge in [-0.25, -0.2) is 4.79 Å². The minimum Gasteiger partial charge on any atom is -0.493 e. The van der Waals surface area contributed by atoms with Gasteiger partial charge in [0.1, 0.15) is 11.5 Å². The molecule has 0 saturated heterocycles. The average Bonchev–Trinajstić information content (AvgIpc) is 2.48. The van der Waals surface area contributed by atoms with Crippen LogP contribution >= 0.6 is 0 Å². The summed E-state index contributed by atoms with van der Waals surface area (Å²) in [5.41, 5.74) is 14.2. The molecule has 0 aliphatic carbocycles. The molecule has 0 aliphatic rings. The SMILES string of the molecule is C=C(C)C(=O)Oc1ccc(OCCc2cc(N)cc(N)c2)cc1. The van der Waals surface area contributed by atoms with E-state index in [0.29, 0.717) is 41.5 Å². The minimum absolute atomic E-state index is 0.353. The number of esters is 1. The number of carbonyl (C=O) groups is 1. The van der Waals surface area contributed by atoms with E-state index in [4.69, 9.17) is 20.9 Å². The van der Waals surface area contributed by atoms with Gasteiger partial charge >= 0.3 is 5.97 Å². The summed E-state index contributed by atoms with van der Waals surface area (Å²) in [7, 11) is 0. The zero-order valence-electron chi connectivity index (χ0n) is 13.0. The highest BCUT2D eigenvalue weighted by Gasteiger charge is 2.05. The zero-order valence-corrected chi connectivity index (χ0v) is 13.0. The number of nitrogens with two attached hydrogens (primary N) is 2. The summed E-state index contributed by atoms with van der Waals surface area (Å²) in [5.74, 6) is 0.698. The topological polar surface area (TPSA) is 87.6 Å². The number of anilines is 2. The number of benzene rings is 2. The van der Waals surface area contributed by atoms with Gasteiger partial charge in [0.25, 0.3) is 0 Å². The minimum atomic E-state index is -0.446. The van der Waals surface area contributed by atoms with Crippen LogP contribution in [0.1, 0.15) is 12.5 Å². The highest BCUT2D eigenvalue weighted by Crippen LogP contribution is 2.19. The van der Waals surface area contributed by atoms with Gasteiger partial charge in [-0.3, -0.25) is 0 Å². The van der Waals surface area contributed by atoms with E-state index in [1.54, 1.807) is 37.3 Å². The Morgan fingerprint density at radius 2 is 1.61 bits per heavy atom. The van der Waals surface area contributed by atoms with Crippen molar-refractivity contribution in [1.82, 2.24) is 0 Å². The molecule has 0 saturated carbocycles. The second kappa shape index (κ2) is 7.35. The summed E-state index contributed by atoms with van der Waals surface area (Å²) in [6.45, 7) is 5.63. The molecule has 5 nitrogen and oxygen atoms in total. The number of hydrogen-bond acceptors (Lipinski definition) is 5. The molecule has 0 amide bonds. The zero-order chi connectivity index (χ0) is 16.8. The third kappa shape index (κ3) is 5.07. The normalized spacial score (nSPS) is 10.1. The maximum atomic E-state index is 11.4. The van der Waals surface area contributed by atoms with Crippen molar-refractivity contribution in [3.05, 3.63) is 60.2 Å². The summed E-state index contributed by atoms with van der Waals surface area (Å²) in [5, 5.41) is 0. The van der Waals surface area contributed by atoms with Crippen molar-refractivity contribution in [2.75, 3.05) is 18.1 Å². The molecule has 2 rings (SSSR count). The first kappa shape index (κ1) is 16.4. The quantitative estimate of drug-likeness (QED) is 0.370. The van der Waals surface area contributed by atoms with Crippen LogP contribution in [0.25, 0.3) is 0 Å². The molecule has 0 aliphatic heterocycles. The maximum absolute atomic E-state index is 11.4. The number of ether oxygens (including phenoxy) is 2. The summed E-state index contributed by atoms with van der Waals surface area (Å²) >= 11 is 0. The van der Waals surface area contributed by atoms with Gasteiger partial charge < -0.3 is 20.9 Å². The van der Waals surface area contributed by atoms with Gasteiger partial charge in [0.15, 0.2) is 0 Å². The highest BCUT2D eigenvalue weighted by molar-refractivity contribution is 5.88. The summed E-state index contributed by atoms with van der Waals surface area (Å²) in [6.07, 6.45) is 0.696. The molecule has 120 valence electrons. The van der Waals surface area contributed by atoms with Crippen LogP contribution in [-0.4, -0.2) is 12.6 Å². The Bertz CT molecular complexity index is 688. The van der Waals surface area contributed by atoms with E-state index < -0.39 is 5.97 Å². The van der Waals surface area contributed by atoms with Crippen molar-refractivity contribution in [1.29, 1.82) is 0 Å². The molecule has 0 spiro atoms. The number of hydrogen-bond donors (Lipinski definition) is 2. The van der Waals surface area contributed by atoms with Crippen molar-refractivity contribution in [2.45, 2.75) is 13.3 Å². The van der Waals surface area contributed by atoms with E-state index in [0.717, 1.165) is 5.56 Å². The van der Waals surface area contributed by atoms with Crippen molar-refractivity contribution < 1.29 is 14.3 Å². The van der Waals surface area contributed by atoms with Crippen LogP contribution in [-0.2, 0) is 11.2 Å². The molecule has 0 fully saturated rings. The molecular weight excluding hydrogens is 292 g/mol. The first-order chi connectivity index (χ1) is 10.9. The fraction of sp³-hybridized carbons (Fsp3) is 0.167. The Morgan fingerprint density at radius 1 is 1.04 bits per heavy atom. The summed E-state index contributed by atoms with van der Waals surface area (Å²) in [6, 6.07) is 12.3. The highest BCUT2D eigenvalue weighted by atomic mass is 16.5. The van der Waals surface area contributed by atoms with E-state index in [9.17, 15) is 4.79 Å². The molecule has 0 aromatic heterocycles. The standard InChI is InChI=1S/C18H20N2O3/c1-12(2)18(21)23-17-5-3-16(4-6-17)22-8-7-13-9-14(19)11-15(20)10-13/h3-6,9-11H,1,7-8,19-20H2,2H3. The molecule has 0 radical (unpaired) electrons. The molecule has 0 unspecified atom stereocenters. The van der Waals surface area contributed by atoms with E-state index >= 15 is 0 Å². The van der Waals surface area contributed by atoms with Crippen molar-refractivity contribution in [2.24, 2.45) is 0 Å². The van der Waals surface area contributed by atoms with Crippen LogP contribution < -0.4 is 20.9 Å². The van der Waals surface area contributed by atoms with Gasteiger partial charge in [0.2, 0.25) is 0 Å². The molecule has 4 N–H and O–H groups in total. The first-order valence-corrected chi connectivity index (χ1v) is 7.19. The Kier molecular flexibility index (Phi) is 5.25. The molecule has 2 aromatic rings. The van der Waals surface area contributed by atoms with Crippen LogP contribution in [0.4, 0.5) is 11.4 Å². The number of rotatable bonds is 6. The largest absolute Gasteiger partial charge is 0.493 e. The fourth-order valence-corrected chi connectivity index (χ4v) is 1.97. The first-order valence-electron chi connectivity index (χ1n) is 7.19. The van der Waals surface area contributed by atoms with Crippen LogP contribution in [0.5, 0.6) is 11.5 Å². The smallest absolute Gasteiger partial charge is 0.338 e. The maximum Gasteiger partial charge on any atom is 0.338 e. The van der Waals surface area contributed by atoms with E-state index in [2.05, 4.69) is 6.58 Å². The van der Waals surface area contributed by atoms with Gasteiger partial charge in [-0.2, -0.15) is 0 Å². The van der Waals surface area contributed by atoms with Crippen LogP contribution in [0.3, 0.4) is 0 Å². The van der Waals surface area contributed by atoms with Crippen LogP contribution in [0.15, 0.2) is 54.6 Å². The lowest BCUT2D eigenvalue weighted by atomic mass is 10.1. The van der Waals surface area contributed by atoms with Crippen LogP contribution in [0, 0.1) is 0 Å². The number of nitrogen functional groups attached to an aromatic ring is 2. The van der Waals surface area contributed by atoms with E-state index in [1.165, 1.54) is 0 Å². The molecular formula is C18H20N2O3. The predicted octanol–water partition coefficient (Wildman–Crippen LogP) is 2.95. The lowest BCUT2D eigenvalue weighted by molar-refractivity contribution is -0.130. The van der Waals surface area contributed by atoms with Crippen molar-refractivity contribution >= 4 is 17.3 Å². The van der Waals surface area contributed by atoms with Gasteiger partial charge in [0, 0.05) is 23.4 Å². The Hall–Kier alpha value is -2.95. The van der Waals surface area contributed by atoms with E-state index in [-0.39, 0.29) is 0 Å². The lowest BCUT2D eigenvalue weighted by Crippen LogP contribution is -2.08. The molecule has 2 aromatic carbocycles. The fourth-order valence-electron chi connectivity index (χ4n) is 1.97. The monoisotopic (exact) mass is 312 g/mol. The predicted molar refractivity (Wildman–Crippen MR) is 91.4 cm³/mol. The Morgan fingerprint density at radius 3 is 2.17 bits per heavy atom. The van der Waals surface area contributed by atoms with Crippen molar-refractivity contribution in [3.63, 3.8) is 0 Å². The second-order valence-electron chi connectivity index (χ2n) is 5.25. The molecule has 0 heterocycles. The second-order valence-corrected chi connectivity index (χ2v) is 5.25. The average molecular weight is 312 g/mol. The molecule has 0 bridgehead atoms. The summed E-state index contributed by atoms with van der Waals surface area (Å²) < 4.78 is 10.8. The third-order valence-electron chi connectivity index (χ3n) is 3.08. The van der Waals surface area contributed by atoms with Gasteiger partial charge in [-0.05, 0) is 55.0 Å². The van der Waals surface area contributed by atoms with Gasteiger partial charge in [-0.1, -0.05) is 6.58 Å². The van der Waals surface area contributed by atoms with Crippen LogP contribution in [0.2, 0.25) is 0 Å². The molecule has 23 heavy (non-hydrogen) atoms. The molecule has 0 atom stereocenters. The summed E-state index contributed by atoms with van der Waals surface area (Å²) in [4.78, 5) is 11.4. The lowest BCUT2D eigenvalue weighted by Gasteiger charge is -2.09.